The van der Waals surface area contributed by atoms with E-state index >= 15 is 0 Å². The van der Waals surface area contributed by atoms with E-state index in [0.717, 1.165) is 68.5 Å². The van der Waals surface area contributed by atoms with Crippen LogP contribution in [0, 0.1) is 11.5 Å². The maximum Gasteiger partial charge on any atom is 0.413 e. The highest BCUT2D eigenvalue weighted by atomic mass is 28.3. The summed E-state index contributed by atoms with van der Waals surface area (Å²) in [6.07, 6.45) is 5.23. The van der Waals surface area contributed by atoms with Crippen molar-refractivity contribution in [3.8, 4) is 11.5 Å². The van der Waals surface area contributed by atoms with Crippen molar-refractivity contribution < 1.29 is 9.53 Å². The van der Waals surface area contributed by atoms with Crippen LogP contribution in [-0.2, 0) is 4.74 Å². The molecule has 2 aliphatic rings. The van der Waals surface area contributed by atoms with Gasteiger partial charge in [0.2, 0.25) is 5.95 Å². The third-order valence-electron chi connectivity index (χ3n) is 9.64. The van der Waals surface area contributed by atoms with Crippen molar-refractivity contribution in [3.05, 3.63) is 42.1 Å². The molecule has 5 rings (SSSR count). The summed E-state index contributed by atoms with van der Waals surface area (Å²) in [7, 11) is 0.157. The second-order valence-electron chi connectivity index (χ2n) is 13.5. The fourth-order valence-corrected chi connectivity index (χ4v) is 12.3. The second kappa shape index (κ2) is 14.2. The molecule has 1 amide bonds. The molecule has 1 aliphatic carbocycles. The molecule has 0 unspecified atom stereocenters. The number of carbonyl (C=O) groups is 1. The zero-order chi connectivity index (χ0) is 32.1. The number of nitrogens with one attached hydrogen (secondary N) is 2. The van der Waals surface area contributed by atoms with Gasteiger partial charge in [0, 0.05) is 49.3 Å². The summed E-state index contributed by atoms with van der Waals surface area (Å²) in [4.78, 5) is 31.7. The van der Waals surface area contributed by atoms with Gasteiger partial charge in [0.25, 0.3) is 0 Å². The van der Waals surface area contributed by atoms with Gasteiger partial charge in [-0.3, -0.25) is 5.32 Å². The van der Waals surface area contributed by atoms with Crippen molar-refractivity contribution in [3.63, 3.8) is 0 Å². The molecule has 1 aliphatic heterocycles. The molecule has 2 aromatic heterocycles. The zero-order valence-corrected chi connectivity index (χ0v) is 29.0. The highest BCUT2D eigenvalue weighted by Crippen LogP contribution is 2.41. The van der Waals surface area contributed by atoms with Crippen LogP contribution in [0.5, 0.6) is 0 Å². The molecule has 1 saturated heterocycles. The molecule has 10 heteroatoms. The first-order valence-electron chi connectivity index (χ1n) is 16.5. The van der Waals surface area contributed by atoms with Crippen molar-refractivity contribution in [2.24, 2.45) is 0 Å². The van der Waals surface area contributed by atoms with Crippen LogP contribution in [0.25, 0.3) is 11.0 Å². The summed E-state index contributed by atoms with van der Waals surface area (Å²) in [6.45, 7) is 18.0. The van der Waals surface area contributed by atoms with Crippen LogP contribution in [0.3, 0.4) is 0 Å². The Balaban J connectivity index is 1.45. The number of fused-ring (bicyclic) bond motifs is 1. The Hall–Kier alpha value is -3.68. The molecule has 0 atom stereocenters. The minimum absolute atomic E-state index is 0.0415. The van der Waals surface area contributed by atoms with Gasteiger partial charge in [0.15, 0.2) is 5.65 Å². The minimum atomic E-state index is -2.01. The van der Waals surface area contributed by atoms with Crippen LogP contribution in [0.1, 0.15) is 72.8 Å². The lowest BCUT2D eigenvalue weighted by Crippen LogP contribution is -2.44. The van der Waals surface area contributed by atoms with Gasteiger partial charge in [-0.2, -0.15) is 4.98 Å². The average Bonchev–Trinajstić information content (AvgIpc) is 3.50. The molecule has 3 aromatic rings. The van der Waals surface area contributed by atoms with E-state index in [1.807, 2.05) is 6.07 Å². The summed E-state index contributed by atoms with van der Waals surface area (Å²) in [5.74, 6) is 4.35. The Kier molecular flexibility index (Phi) is 10.3. The highest BCUT2D eigenvalue weighted by molar-refractivity contribution is 6.90. The van der Waals surface area contributed by atoms with E-state index in [2.05, 4.69) is 110 Å². The third kappa shape index (κ3) is 7.59. The number of hydrogen-bond donors (Lipinski definition) is 2. The maximum atomic E-state index is 12.8. The van der Waals surface area contributed by atoms with E-state index in [4.69, 9.17) is 14.7 Å². The lowest BCUT2D eigenvalue weighted by Gasteiger charge is -2.38. The van der Waals surface area contributed by atoms with Crippen LogP contribution in [0.4, 0.5) is 27.9 Å². The Morgan fingerprint density at radius 2 is 1.60 bits per heavy atom. The van der Waals surface area contributed by atoms with Gasteiger partial charge in [-0.1, -0.05) is 47.5 Å². The van der Waals surface area contributed by atoms with Crippen molar-refractivity contribution in [2.45, 2.75) is 90.0 Å². The van der Waals surface area contributed by atoms with Crippen molar-refractivity contribution >= 4 is 48.3 Å². The van der Waals surface area contributed by atoms with Crippen molar-refractivity contribution in [1.29, 1.82) is 0 Å². The number of ether oxygens (including phenoxy) is 1. The molecular weight excluding hydrogens is 579 g/mol. The van der Waals surface area contributed by atoms with Crippen LogP contribution in [0.2, 0.25) is 16.6 Å². The number of rotatable bonds is 8. The Labute approximate surface area is 269 Å². The highest BCUT2D eigenvalue weighted by Gasteiger charge is 2.41. The van der Waals surface area contributed by atoms with Crippen LogP contribution in [0.15, 0.2) is 36.5 Å². The summed E-state index contributed by atoms with van der Waals surface area (Å²) < 4.78 is 5.67. The van der Waals surface area contributed by atoms with Gasteiger partial charge >= 0.3 is 6.09 Å². The lowest BCUT2D eigenvalue weighted by molar-refractivity contribution is 0.114. The molecule has 1 aromatic carbocycles. The molecule has 1 saturated carbocycles. The normalized spacial score (nSPS) is 16.4. The van der Waals surface area contributed by atoms with E-state index in [-0.39, 0.29) is 6.10 Å². The molecule has 0 bridgehead atoms. The monoisotopic (exact) mass is 627 g/mol. The molecule has 2 fully saturated rings. The summed E-state index contributed by atoms with van der Waals surface area (Å²) in [5.41, 5.74) is 8.62. The molecular formula is C35H49N7O2Si. The molecule has 9 nitrogen and oxygen atoms in total. The topological polar surface area (TPSA) is 95.5 Å². The fourth-order valence-electron chi connectivity index (χ4n) is 7.09. The van der Waals surface area contributed by atoms with Gasteiger partial charge < -0.3 is 19.9 Å². The number of hydrogen-bond acceptors (Lipinski definition) is 8. The smallest absolute Gasteiger partial charge is 0.413 e. The number of pyridine rings is 1. The summed E-state index contributed by atoms with van der Waals surface area (Å²) in [6, 6.07) is 10.2. The molecule has 3 heterocycles. The predicted octanol–water partition coefficient (Wildman–Crippen LogP) is 7.58. The number of likely N-dealkylation sites (N-methyl/N-ethyl adjacent to an activating group) is 1. The van der Waals surface area contributed by atoms with Gasteiger partial charge in [0.1, 0.15) is 20.0 Å². The van der Waals surface area contributed by atoms with E-state index < -0.39 is 14.2 Å². The van der Waals surface area contributed by atoms with Gasteiger partial charge in [-0.25, -0.2) is 14.8 Å². The van der Waals surface area contributed by atoms with E-state index in [0.29, 0.717) is 34.0 Å². The average molecular weight is 628 g/mol. The van der Waals surface area contributed by atoms with Gasteiger partial charge in [-0.15, -0.1) is 5.54 Å². The Morgan fingerprint density at radius 1 is 0.956 bits per heavy atom. The van der Waals surface area contributed by atoms with E-state index in [1.54, 1.807) is 6.20 Å². The molecule has 2 N–H and O–H groups in total. The quantitative estimate of drug-likeness (QED) is 0.195. The maximum absolute atomic E-state index is 12.8. The zero-order valence-electron chi connectivity index (χ0n) is 28.0. The number of anilines is 4. The summed E-state index contributed by atoms with van der Waals surface area (Å²) >= 11 is 0. The summed E-state index contributed by atoms with van der Waals surface area (Å²) in [5, 5.41) is 6.95. The number of amides is 1. The minimum Gasteiger partial charge on any atom is -0.446 e. The second-order valence-corrected chi connectivity index (χ2v) is 19.1. The molecule has 240 valence electrons. The van der Waals surface area contributed by atoms with Gasteiger partial charge in [0.05, 0.1) is 5.39 Å². The van der Waals surface area contributed by atoms with E-state index in [1.165, 1.54) is 5.69 Å². The van der Waals surface area contributed by atoms with Crippen LogP contribution in [-0.4, -0.2) is 73.3 Å². The number of benzene rings is 1. The number of piperazine rings is 1. The Morgan fingerprint density at radius 3 is 2.22 bits per heavy atom. The van der Waals surface area contributed by atoms with Gasteiger partial charge in [-0.05, 0) is 79.7 Å². The number of carbonyl (C=O) groups excluding carboxylic acids is 1. The molecule has 0 radical (unpaired) electrons. The van der Waals surface area contributed by atoms with Crippen molar-refractivity contribution in [2.75, 3.05) is 48.8 Å². The molecule has 0 spiro atoms. The lowest BCUT2D eigenvalue weighted by atomic mass is 10.2. The number of nitrogens with zero attached hydrogens (tertiary/aromatic N) is 5. The molecule has 45 heavy (non-hydrogen) atoms. The van der Waals surface area contributed by atoms with Crippen molar-refractivity contribution in [1.82, 2.24) is 19.9 Å². The number of aromatic nitrogens is 3. The first-order chi connectivity index (χ1) is 21.5. The van der Waals surface area contributed by atoms with Crippen LogP contribution < -0.4 is 15.5 Å². The van der Waals surface area contributed by atoms with E-state index in [9.17, 15) is 4.79 Å². The third-order valence-corrected chi connectivity index (χ3v) is 15.9. The predicted molar refractivity (Wildman–Crippen MR) is 187 cm³/mol. The Bertz CT molecular complexity index is 1510. The van der Waals surface area contributed by atoms with Crippen LogP contribution >= 0.6 is 0 Å². The standard InChI is InChI=1S/C35H49N7O2Si/c1-24(2)45(25(3)4,26(5)6)21-16-27-22-32(39-35(43)44-30-10-8-9-11-30)38-33-31(27)23-36-34(40-33)37-28-12-14-29(15-13-28)42-19-17-41(7)18-20-42/h12-15,22-26,30H,8-11,17-20H2,1-7H3,(H2,36,37,38,39,40,43). The largest absolute Gasteiger partial charge is 0.446 e. The SMILES string of the molecule is CC(C)[Si](C#Cc1cc(NC(=O)OC2CCCC2)nc2nc(Nc3ccc(N4CCN(C)CC4)cc3)ncc12)(C(C)C)C(C)C. The first kappa shape index (κ1) is 32.7. The fraction of sp³-hybridized carbons (Fsp3) is 0.543. The first-order valence-corrected chi connectivity index (χ1v) is 18.8.